The second-order valence-electron chi connectivity index (χ2n) is 2.72. The summed E-state index contributed by atoms with van der Waals surface area (Å²) in [6.45, 7) is 1.21. The SMILES string of the molecule is N#Cc1cc2c(cc1F)NCCO2. The summed E-state index contributed by atoms with van der Waals surface area (Å²) >= 11 is 0. The van der Waals surface area contributed by atoms with E-state index in [2.05, 4.69) is 5.32 Å². The number of nitrogens with zero attached hydrogens (tertiary/aromatic N) is 1. The molecular formula is C9H7FN2O. The van der Waals surface area contributed by atoms with Gasteiger partial charge < -0.3 is 10.1 Å². The maximum Gasteiger partial charge on any atom is 0.144 e. The first-order chi connectivity index (χ1) is 6.31. The third kappa shape index (κ3) is 1.29. The van der Waals surface area contributed by atoms with Crippen molar-refractivity contribution in [2.75, 3.05) is 18.5 Å². The predicted molar refractivity (Wildman–Crippen MR) is 45.1 cm³/mol. The van der Waals surface area contributed by atoms with Crippen LogP contribution in [0.3, 0.4) is 0 Å². The van der Waals surface area contributed by atoms with Crippen molar-refractivity contribution >= 4 is 5.69 Å². The Balaban J connectivity index is 2.52. The van der Waals surface area contributed by atoms with Crippen LogP contribution in [-0.4, -0.2) is 13.2 Å². The van der Waals surface area contributed by atoms with Crippen LogP contribution in [0, 0.1) is 17.1 Å². The molecule has 13 heavy (non-hydrogen) atoms. The third-order valence-corrected chi connectivity index (χ3v) is 1.86. The van der Waals surface area contributed by atoms with E-state index in [1.807, 2.05) is 0 Å². The normalized spacial score (nSPS) is 13.5. The van der Waals surface area contributed by atoms with Crippen LogP contribution in [0.2, 0.25) is 0 Å². The zero-order valence-electron chi connectivity index (χ0n) is 6.80. The fourth-order valence-corrected chi connectivity index (χ4v) is 1.24. The largest absolute Gasteiger partial charge is 0.490 e. The molecule has 1 aliphatic heterocycles. The van der Waals surface area contributed by atoms with Crippen molar-refractivity contribution in [3.63, 3.8) is 0 Å². The van der Waals surface area contributed by atoms with Gasteiger partial charge in [0.1, 0.15) is 24.2 Å². The van der Waals surface area contributed by atoms with E-state index in [0.717, 1.165) is 0 Å². The van der Waals surface area contributed by atoms with Gasteiger partial charge in [0, 0.05) is 18.7 Å². The molecule has 0 bridgehead atoms. The Morgan fingerprint density at radius 2 is 2.38 bits per heavy atom. The summed E-state index contributed by atoms with van der Waals surface area (Å²) in [5, 5.41) is 11.5. The Kier molecular flexibility index (Phi) is 1.78. The molecule has 2 rings (SSSR count). The van der Waals surface area contributed by atoms with Gasteiger partial charge >= 0.3 is 0 Å². The highest BCUT2D eigenvalue weighted by molar-refractivity contribution is 5.61. The van der Waals surface area contributed by atoms with Crippen molar-refractivity contribution in [3.8, 4) is 11.8 Å². The van der Waals surface area contributed by atoms with Crippen LogP contribution in [0.1, 0.15) is 5.56 Å². The fraction of sp³-hybridized carbons (Fsp3) is 0.222. The Morgan fingerprint density at radius 3 is 3.15 bits per heavy atom. The van der Waals surface area contributed by atoms with Crippen LogP contribution in [-0.2, 0) is 0 Å². The summed E-state index contributed by atoms with van der Waals surface area (Å²) in [4.78, 5) is 0. The van der Waals surface area contributed by atoms with E-state index in [4.69, 9.17) is 10.00 Å². The number of nitriles is 1. The lowest BCUT2D eigenvalue weighted by Crippen LogP contribution is -2.18. The molecule has 3 nitrogen and oxygen atoms in total. The lowest BCUT2D eigenvalue weighted by molar-refractivity contribution is 0.322. The molecule has 0 spiro atoms. The molecular weight excluding hydrogens is 171 g/mol. The first kappa shape index (κ1) is 7.87. The molecule has 0 saturated heterocycles. The number of rotatable bonds is 0. The minimum absolute atomic E-state index is 0.0162. The number of ether oxygens (including phenoxy) is 1. The smallest absolute Gasteiger partial charge is 0.144 e. The lowest BCUT2D eigenvalue weighted by Gasteiger charge is -2.18. The molecule has 1 heterocycles. The van der Waals surface area contributed by atoms with Gasteiger partial charge in [0.25, 0.3) is 0 Å². The first-order valence-electron chi connectivity index (χ1n) is 3.91. The van der Waals surface area contributed by atoms with Gasteiger partial charge in [-0.05, 0) is 0 Å². The van der Waals surface area contributed by atoms with E-state index in [9.17, 15) is 4.39 Å². The summed E-state index contributed by atoms with van der Waals surface area (Å²) < 4.78 is 18.3. The molecule has 0 radical (unpaired) electrons. The highest BCUT2D eigenvalue weighted by Gasteiger charge is 2.13. The number of benzene rings is 1. The summed E-state index contributed by atoms with van der Waals surface area (Å²) in [6.07, 6.45) is 0. The molecule has 0 aromatic heterocycles. The van der Waals surface area contributed by atoms with Crippen LogP contribution in [0.5, 0.6) is 5.75 Å². The number of anilines is 1. The number of nitrogens with one attached hydrogen (secondary N) is 1. The maximum absolute atomic E-state index is 13.1. The van der Waals surface area contributed by atoms with Crippen molar-refractivity contribution in [1.29, 1.82) is 5.26 Å². The molecule has 66 valence electrons. The minimum atomic E-state index is -0.515. The predicted octanol–water partition coefficient (Wildman–Crippen LogP) is 1.50. The van der Waals surface area contributed by atoms with Gasteiger partial charge in [-0.3, -0.25) is 0 Å². The van der Waals surface area contributed by atoms with Crippen molar-refractivity contribution in [3.05, 3.63) is 23.5 Å². The Hall–Kier alpha value is -1.76. The highest BCUT2D eigenvalue weighted by Crippen LogP contribution is 2.29. The summed E-state index contributed by atoms with van der Waals surface area (Å²) in [7, 11) is 0. The molecule has 0 atom stereocenters. The maximum atomic E-state index is 13.1. The van der Waals surface area contributed by atoms with Crippen molar-refractivity contribution in [2.45, 2.75) is 0 Å². The third-order valence-electron chi connectivity index (χ3n) is 1.86. The molecule has 4 heteroatoms. The summed E-state index contributed by atoms with van der Waals surface area (Å²) in [5.41, 5.74) is 0.630. The van der Waals surface area contributed by atoms with Crippen molar-refractivity contribution in [1.82, 2.24) is 0 Å². The second-order valence-corrected chi connectivity index (χ2v) is 2.72. The highest BCUT2D eigenvalue weighted by atomic mass is 19.1. The summed E-state index contributed by atoms with van der Waals surface area (Å²) in [5.74, 6) is 0.0310. The zero-order chi connectivity index (χ0) is 9.26. The molecule has 0 aliphatic carbocycles. The molecule has 1 aromatic rings. The molecule has 1 aliphatic rings. The number of hydrogen-bond donors (Lipinski definition) is 1. The quantitative estimate of drug-likeness (QED) is 0.654. The van der Waals surface area contributed by atoms with E-state index in [1.54, 1.807) is 6.07 Å². The topological polar surface area (TPSA) is 45.0 Å². The van der Waals surface area contributed by atoms with Crippen LogP contribution in [0.15, 0.2) is 12.1 Å². The van der Waals surface area contributed by atoms with E-state index in [-0.39, 0.29) is 5.56 Å². The monoisotopic (exact) mass is 178 g/mol. The standard InChI is InChI=1S/C9H7FN2O/c10-7-4-8-9(3-6(7)5-11)13-2-1-12-8/h3-4,12H,1-2H2. The van der Waals surface area contributed by atoms with Gasteiger partial charge in [-0.2, -0.15) is 5.26 Å². The molecule has 0 saturated carbocycles. The van der Waals surface area contributed by atoms with Crippen LogP contribution in [0.4, 0.5) is 10.1 Å². The van der Waals surface area contributed by atoms with Gasteiger partial charge in [-0.1, -0.05) is 0 Å². The van der Waals surface area contributed by atoms with Gasteiger partial charge in [0.2, 0.25) is 0 Å². The van der Waals surface area contributed by atoms with E-state index in [0.29, 0.717) is 24.6 Å². The average Bonchev–Trinajstić information content (AvgIpc) is 2.17. The number of halogens is 1. The molecule has 0 amide bonds. The Morgan fingerprint density at radius 1 is 1.54 bits per heavy atom. The van der Waals surface area contributed by atoms with Gasteiger partial charge in [0.05, 0.1) is 11.3 Å². The number of fused-ring (bicyclic) bond motifs is 1. The first-order valence-corrected chi connectivity index (χ1v) is 3.91. The number of hydrogen-bond acceptors (Lipinski definition) is 3. The van der Waals surface area contributed by atoms with Gasteiger partial charge in [0.15, 0.2) is 0 Å². The van der Waals surface area contributed by atoms with Crippen LogP contribution in [0.25, 0.3) is 0 Å². The molecule has 0 unspecified atom stereocenters. The minimum Gasteiger partial charge on any atom is -0.490 e. The Labute approximate surface area is 74.7 Å². The zero-order valence-corrected chi connectivity index (χ0v) is 6.80. The average molecular weight is 178 g/mol. The Bertz CT molecular complexity index is 384. The molecule has 1 aromatic carbocycles. The van der Waals surface area contributed by atoms with E-state index in [1.165, 1.54) is 12.1 Å². The molecule has 1 N–H and O–H groups in total. The molecule has 0 fully saturated rings. The van der Waals surface area contributed by atoms with Crippen molar-refractivity contribution in [2.24, 2.45) is 0 Å². The second kappa shape index (κ2) is 2.94. The van der Waals surface area contributed by atoms with E-state index >= 15 is 0 Å². The van der Waals surface area contributed by atoms with Crippen LogP contribution < -0.4 is 10.1 Å². The van der Waals surface area contributed by atoms with Crippen molar-refractivity contribution < 1.29 is 9.13 Å². The fourth-order valence-electron chi connectivity index (χ4n) is 1.24. The van der Waals surface area contributed by atoms with Crippen LogP contribution >= 0.6 is 0 Å². The lowest BCUT2D eigenvalue weighted by atomic mass is 10.2. The van der Waals surface area contributed by atoms with Gasteiger partial charge in [-0.25, -0.2) is 4.39 Å². The van der Waals surface area contributed by atoms with Gasteiger partial charge in [-0.15, -0.1) is 0 Å². The summed E-state index contributed by atoms with van der Waals surface area (Å²) in [6, 6.07) is 4.46. The van der Waals surface area contributed by atoms with E-state index < -0.39 is 5.82 Å².